The molecule has 4 nitrogen and oxygen atoms in total. The van der Waals surface area contributed by atoms with Crippen LogP contribution >= 0.6 is 0 Å². The van der Waals surface area contributed by atoms with Crippen molar-refractivity contribution in [3.63, 3.8) is 0 Å². The Kier molecular flexibility index (Phi) is 4.55. The van der Waals surface area contributed by atoms with Crippen LogP contribution in [0.2, 0.25) is 0 Å². The zero-order valence-electron chi connectivity index (χ0n) is 9.66. The van der Waals surface area contributed by atoms with Crippen molar-refractivity contribution in [3.8, 4) is 0 Å². The van der Waals surface area contributed by atoms with Crippen molar-refractivity contribution < 1.29 is 23.1 Å². The number of halogens is 3. The molecular formula is C11H13F3N2O2. The number of carbonyl (C=O) groups excluding carboxylic acids is 1. The lowest BCUT2D eigenvalue weighted by Crippen LogP contribution is -2.33. The highest BCUT2D eigenvalue weighted by Gasteiger charge is 2.29. The molecule has 0 radical (unpaired) electrons. The Bertz CT molecular complexity index is 404. The number of likely N-dealkylation sites (N-methyl/N-ethyl adjacent to an activating group) is 1. The number of amides is 2. The molecule has 0 aliphatic heterocycles. The second-order valence-corrected chi connectivity index (χ2v) is 3.65. The first-order chi connectivity index (χ1) is 8.34. The quantitative estimate of drug-likeness (QED) is 0.877. The van der Waals surface area contributed by atoms with Crippen molar-refractivity contribution in [1.29, 1.82) is 0 Å². The summed E-state index contributed by atoms with van der Waals surface area (Å²) in [5.41, 5.74) is -0.512. The number of aliphatic hydroxyl groups is 1. The molecule has 0 aliphatic carbocycles. The standard InChI is InChI=1S/C11H13F3N2O2/c1-16(6-7-17)10(18)15-9-4-2-8(3-5-9)11(12,13)14/h2-5,17H,6-7H2,1H3,(H,15,18). The molecule has 0 fully saturated rings. The van der Waals surface area contributed by atoms with Crippen LogP contribution in [-0.2, 0) is 6.18 Å². The summed E-state index contributed by atoms with van der Waals surface area (Å²) in [7, 11) is 1.47. The number of hydrogen-bond acceptors (Lipinski definition) is 2. The molecule has 0 unspecified atom stereocenters. The van der Waals surface area contributed by atoms with Crippen molar-refractivity contribution >= 4 is 11.7 Å². The summed E-state index contributed by atoms with van der Waals surface area (Å²) in [6, 6.07) is 3.63. The molecule has 2 N–H and O–H groups in total. The zero-order chi connectivity index (χ0) is 13.8. The third-order valence-corrected chi connectivity index (χ3v) is 2.25. The van der Waals surface area contributed by atoms with E-state index in [2.05, 4.69) is 5.32 Å². The Balaban J connectivity index is 2.67. The molecule has 1 rings (SSSR count). The normalized spacial score (nSPS) is 11.2. The SMILES string of the molecule is CN(CCO)C(=O)Nc1ccc(C(F)(F)F)cc1. The van der Waals surface area contributed by atoms with E-state index in [1.54, 1.807) is 0 Å². The Labute approximate surface area is 102 Å². The van der Waals surface area contributed by atoms with Crippen molar-refractivity contribution in [3.05, 3.63) is 29.8 Å². The van der Waals surface area contributed by atoms with Crippen LogP contribution < -0.4 is 5.32 Å². The van der Waals surface area contributed by atoms with E-state index < -0.39 is 17.8 Å². The third-order valence-electron chi connectivity index (χ3n) is 2.25. The lowest BCUT2D eigenvalue weighted by Gasteiger charge is -2.16. The number of hydrogen-bond donors (Lipinski definition) is 2. The fraction of sp³-hybridized carbons (Fsp3) is 0.364. The van der Waals surface area contributed by atoms with Crippen LogP contribution in [0.25, 0.3) is 0 Å². The fourth-order valence-corrected chi connectivity index (χ4v) is 1.21. The monoisotopic (exact) mass is 262 g/mol. The van der Waals surface area contributed by atoms with Gasteiger partial charge in [-0.1, -0.05) is 0 Å². The molecule has 1 aromatic carbocycles. The Morgan fingerprint density at radius 2 is 1.89 bits per heavy atom. The molecule has 0 bridgehead atoms. The first-order valence-electron chi connectivity index (χ1n) is 5.15. The van der Waals surface area contributed by atoms with Crippen molar-refractivity contribution in [1.82, 2.24) is 4.90 Å². The number of benzene rings is 1. The van der Waals surface area contributed by atoms with Gasteiger partial charge in [-0.3, -0.25) is 0 Å². The number of aliphatic hydroxyl groups excluding tert-OH is 1. The first-order valence-corrected chi connectivity index (χ1v) is 5.15. The molecule has 0 saturated carbocycles. The van der Waals surface area contributed by atoms with E-state index in [1.807, 2.05) is 0 Å². The average Bonchev–Trinajstić information content (AvgIpc) is 2.28. The van der Waals surface area contributed by atoms with Crippen molar-refractivity contribution in [2.45, 2.75) is 6.18 Å². The van der Waals surface area contributed by atoms with Crippen LogP contribution in [0, 0.1) is 0 Å². The molecule has 0 aliphatic rings. The third kappa shape index (κ3) is 3.92. The Morgan fingerprint density at radius 3 is 2.33 bits per heavy atom. The molecule has 18 heavy (non-hydrogen) atoms. The molecule has 0 saturated heterocycles. The van der Waals surface area contributed by atoms with Crippen LogP contribution in [0.1, 0.15) is 5.56 Å². The lowest BCUT2D eigenvalue weighted by molar-refractivity contribution is -0.137. The summed E-state index contributed by atoms with van der Waals surface area (Å²) in [5, 5.41) is 11.0. The van der Waals surface area contributed by atoms with E-state index >= 15 is 0 Å². The number of rotatable bonds is 3. The molecule has 0 aromatic heterocycles. The predicted octanol–water partition coefficient (Wildman–Crippen LogP) is 2.16. The van der Waals surface area contributed by atoms with Crippen LogP contribution in [0.15, 0.2) is 24.3 Å². The highest BCUT2D eigenvalue weighted by Crippen LogP contribution is 2.29. The van der Waals surface area contributed by atoms with Crippen LogP contribution in [-0.4, -0.2) is 36.2 Å². The van der Waals surface area contributed by atoms with Gasteiger partial charge in [0.2, 0.25) is 0 Å². The minimum Gasteiger partial charge on any atom is -0.395 e. The molecule has 100 valence electrons. The number of anilines is 1. The zero-order valence-corrected chi connectivity index (χ0v) is 9.66. The summed E-state index contributed by atoms with van der Waals surface area (Å²) < 4.78 is 36.9. The molecular weight excluding hydrogens is 249 g/mol. The molecule has 1 aromatic rings. The molecule has 7 heteroatoms. The Morgan fingerprint density at radius 1 is 1.33 bits per heavy atom. The van der Waals surface area contributed by atoms with Gasteiger partial charge >= 0.3 is 12.2 Å². The maximum atomic E-state index is 12.3. The van der Waals surface area contributed by atoms with Gasteiger partial charge in [0.05, 0.1) is 12.2 Å². The summed E-state index contributed by atoms with van der Waals surface area (Å²) in [6.07, 6.45) is -4.39. The van der Waals surface area contributed by atoms with Crippen LogP contribution in [0.5, 0.6) is 0 Å². The van der Waals surface area contributed by atoms with Gasteiger partial charge in [0.25, 0.3) is 0 Å². The largest absolute Gasteiger partial charge is 0.416 e. The van der Waals surface area contributed by atoms with Gasteiger partial charge in [-0.2, -0.15) is 13.2 Å². The highest BCUT2D eigenvalue weighted by molar-refractivity contribution is 5.89. The van der Waals surface area contributed by atoms with Gasteiger partial charge in [-0.05, 0) is 24.3 Å². The maximum absolute atomic E-state index is 12.3. The second kappa shape index (κ2) is 5.72. The van der Waals surface area contributed by atoms with E-state index in [9.17, 15) is 18.0 Å². The number of nitrogens with zero attached hydrogens (tertiary/aromatic N) is 1. The first kappa shape index (κ1) is 14.3. The van der Waals surface area contributed by atoms with Gasteiger partial charge < -0.3 is 15.3 Å². The van der Waals surface area contributed by atoms with E-state index in [-0.39, 0.29) is 18.8 Å². The van der Waals surface area contributed by atoms with Crippen molar-refractivity contribution in [2.24, 2.45) is 0 Å². The molecule has 0 atom stereocenters. The van der Waals surface area contributed by atoms with Gasteiger partial charge in [-0.25, -0.2) is 4.79 Å². The summed E-state index contributed by atoms with van der Waals surface area (Å²) in [6.45, 7) is -0.0383. The number of nitrogens with one attached hydrogen (secondary N) is 1. The van der Waals surface area contributed by atoms with Gasteiger partial charge in [-0.15, -0.1) is 0 Å². The summed E-state index contributed by atoms with van der Waals surface area (Å²) in [5.74, 6) is 0. The van der Waals surface area contributed by atoms with Crippen LogP contribution in [0.4, 0.5) is 23.7 Å². The topological polar surface area (TPSA) is 52.6 Å². The van der Waals surface area contributed by atoms with E-state index in [4.69, 9.17) is 5.11 Å². The number of carbonyl (C=O) groups is 1. The summed E-state index contributed by atoms with van der Waals surface area (Å²) in [4.78, 5) is 12.7. The minimum atomic E-state index is -4.39. The van der Waals surface area contributed by atoms with E-state index in [0.717, 1.165) is 12.1 Å². The average molecular weight is 262 g/mol. The Hall–Kier alpha value is -1.76. The minimum absolute atomic E-state index is 0.145. The van der Waals surface area contributed by atoms with Gasteiger partial charge in [0, 0.05) is 19.3 Å². The van der Waals surface area contributed by atoms with E-state index in [1.165, 1.54) is 24.1 Å². The highest BCUT2D eigenvalue weighted by atomic mass is 19.4. The lowest BCUT2D eigenvalue weighted by atomic mass is 10.2. The van der Waals surface area contributed by atoms with E-state index in [0.29, 0.717) is 0 Å². The molecule has 0 spiro atoms. The maximum Gasteiger partial charge on any atom is 0.416 e. The van der Waals surface area contributed by atoms with Crippen molar-refractivity contribution in [2.75, 3.05) is 25.5 Å². The van der Waals surface area contributed by atoms with Crippen LogP contribution in [0.3, 0.4) is 0 Å². The number of alkyl halides is 3. The number of urea groups is 1. The van der Waals surface area contributed by atoms with Gasteiger partial charge in [0.15, 0.2) is 0 Å². The summed E-state index contributed by atoms with van der Waals surface area (Å²) >= 11 is 0. The molecule has 2 amide bonds. The predicted molar refractivity (Wildman–Crippen MR) is 60.2 cm³/mol. The van der Waals surface area contributed by atoms with Gasteiger partial charge in [0.1, 0.15) is 0 Å². The smallest absolute Gasteiger partial charge is 0.395 e. The second-order valence-electron chi connectivity index (χ2n) is 3.65. The fourth-order valence-electron chi connectivity index (χ4n) is 1.21. The molecule has 0 heterocycles.